The predicted molar refractivity (Wildman–Crippen MR) is 161 cm³/mol. The number of aliphatic carboxylic acids is 1. The average molecular weight is 553 g/mol. The lowest BCUT2D eigenvalue weighted by atomic mass is 9.69. The first-order valence-electron chi connectivity index (χ1n) is 14.4. The quantitative estimate of drug-likeness (QED) is 0.298. The number of amides is 1. The van der Waals surface area contributed by atoms with E-state index in [1.54, 1.807) is 13.8 Å². The van der Waals surface area contributed by atoms with Gasteiger partial charge in [-0.1, -0.05) is 35.5 Å². The number of carbonyl (C=O) groups excluding carboxylic acids is 1. The molecule has 7 heteroatoms. The molecule has 0 spiro atoms. The van der Waals surface area contributed by atoms with E-state index < -0.39 is 17.3 Å². The van der Waals surface area contributed by atoms with Gasteiger partial charge in [0.25, 0.3) is 5.91 Å². The molecule has 0 saturated carbocycles. The van der Waals surface area contributed by atoms with E-state index in [4.69, 9.17) is 0 Å². The molecule has 3 aromatic carbocycles. The van der Waals surface area contributed by atoms with Crippen molar-refractivity contribution in [1.29, 1.82) is 0 Å². The summed E-state index contributed by atoms with van der Waals surface area (Å²) >= 11 is 0. The van der Waals surface area contributed by atoms with Crippen LogP contribution in [-0.4, -0.2) is 43.4 Å². The molecule has 0 bridgehead atoms. The van der Waals surface area contributed by atoms with Crippen molar-refractivity contribution in [3.05, 3.63) is 92.0 Å². The van der Waals surface area contributed by atoms with Crippen LogP contribution in [0.4, 0.5) is 0 Å². The third-order valence-electron chi connectivity index (χ3n) is 9.31. The summed E-state index contributed by atoms with van der Waals surface area (Å²) < 4.78 is 1.85. The van der Waals surface area contributed by atoms with Crippen molar-refractivity contribution in [2.75, 3.05) is 6.54 Å². The second-order valence-corrected chi connectivity index (χ2v) is 12.2. The molecule has 1 atom stereocenters. The molecule has 4 aromatic rings. The molecule has 1 unspecified atom stereocenters. The van der Waals surface area contributed by atoms with Gasteiger partial charge < -0.3 is 10.0 Å². The highest BCUT2D eigenvalue weighted by molar-refractivity contribution is 5.98. The molecule has 1 N–H and O–H groups in total. The smallest absolute Gasteiger partial charge is 0.310 e. The lowest BCUT2D eigenvalue weighted by molar-refractivity contribution is -0.147. The highest BCUT2D eigenvalue weighted by atomic mass is 16.4. The normalized spacial score (nSPS) is 14.3. The van der Waals surface area contributed by atoms with Gasteiger partial charge in [0.1, 0.15) is 5.52 Å². The molecule has 0 radical (unpaired) electrons. The van der Waals surface area contributed by atoms with Gasteiger partial charge in [-0.25, -0.2) is 4.68 Å². The van der Waals surface area contributed by atoms with Gasteiger partial charge in [-0.05, 0) is 118 Å². The summed E-state index contributed by atoms with van der Waals surface area (Å²) in [5.74, 6) is -1.23. The second-order valence-electron chi connectivity index (χ2n) is 12.2. The summed E-state index contributed by atoms with van der Waals surface area (Å²) in [6, 6.07) is 12.5. The van der Waals surface area contributed by atoms with E-state index in [0.29, 0.717) is 19.6 Å². The van der Waals surface area contributed by atoms with Crippen molar-refractivity contribution in [1.82, 2.24) is 19.9 Å². The van der Waals surface area contributed by atoms with Crippen LogP contribution < -0.4 is 0 Å². The Bertz CT molecular complexity index is 1670. The van der Waals surface area contributed by atoms with E-state index >= 15 is 0 Å². The molecular weight excluding hydrogens is 512 g/mol. The number of carboxylic acids is 1. The van der Waals surface area contributed by atoms with E-state index in [2.05, 4.69) is 48.4 Å². The van der Waals surface area contributed by atoms with E-state index in [1.807, 2.05) is 49.4 Å². The van der Waals surface area contributed by atoms with E-state index in [-0.39, 0.29) is 5.91 Å². The molecule has 41 heavy (non-hydrogen) atoms. The van der Waals surface area contributed by atoms with Crippen LogP contribution in [0.1, 0.15) is 87.1 Å². The zero-order chi connectivity index (χ0) is 29.8. The maximum Gasteiger partial charge on any atom is 0.310 e. The predicted octanol–water partition coefficient (Wildman–Crippen LogP) is 6.43. The minimum absolute atomic E-state index is 0.0607. The minimum atomic E-state index is -1.09. The third kappa shape index (κ3) is 4.71. The van der Waals surface area contributed by atoms with Crippen LogP contribution in [0.2, 0.25) is 0 Å². The van der Waals surface area contributed by atoms with Gasteiger partial charge in [-0.2, -0.15) is 0 Å². The minimum Gasteiger partial charge on any atom is -0.481 e. The highest BCUT2D eigenvalue weighted by Crippen LogP contribution is 2.44. The molecule has 0 aliphatic carbocycles. The first-order valence-corrected chi connectivity index (χ1v) is 14.4. The first kappa shape index (κ1) is 28.5. The van der Waals surface area contributed by atoms with Crippen LogP contribution in [-0.2, 0) is 24.3 Å². The second kappa shape index (κ2) is 10.4. The molecule has 0 saturated heterocycles. The third-order valence-corrected chi connectivity index (χ3v) is 9.31. The Hall–Kier alpha value is -4.00. The molecule has 1 aromatic heterocycles. The van der Waals surface area contributed by atoms with Crippen molar-refractivity contribution in [2.45, 2.75) is 80.8 Å². The molecule has 1 aliphatic rings. The van der Waals surface area contributed by atoms with Crippen molar-refractivity contribution >= 4 is 22.9 Å². The summed E-state index contributed by atoms with van der Waals surface area (Å²) in [5, 5.41) is 19.1. The number of rotatable bonds is 6. The van der Waals surface area contributed by atoms with Gasteiger partial charge in [0.2, 0.25) is 0 Å². The van der Waals surface area contributed by atoms with Gasteiger partial charge in [0.15, 0.2) is 0 Å². The van der Waals surface area contributed by atoms with E-state index in [1.165, 1.54) is 5.56 Å². The van der Waals surface area contributed by atoms with Crippen LogP contribution in [0.25, 0.3) is 11.0 Å². The molecule has 214 valence electrons. The molecule has 7 nitrogen and oxygen atoms in total. The number of benzene rings is 3. The van der Waals surface area contributed by atoms with Gasteiger partial charge in [0.05, 0.1) is 10.9 Å². The average Bonchev–Trinajstić information content (AvgIpc) is 3.37. The van der Waals surface area contributed by atoms with Crippen LogP contribution in [0.5, 0.6) is 0 Å². The van der Waals surface area contributed by atoms with Gasteiger partial charge in [-0.15, -0.1) is 5.10 Å². The fourth-order valence-corrected chi connectivity index (χ4v) is 6.46. The van der Waals surface area contributed by atoms with E-state index in [0.717, 1.165) is 67.5 Å². The van der Waals surface area contributed by atoms with Gasteiger partial charge in [-0.3, -0.25) is 9.59 Å². The van der Waals surface area contributed by atoms with Crippen LogP contribution in [0.15, 0.2) is 36.4 Å². The SMILES string of the molecule is CCn1nnc2c(C)c(C(c3ccc4c(c3)CN(C(=O)c3c(C)c(C)cc(C)c3C)CC4)C(C)(C)C(=O)O)ccc21. The Balaban J connectivity index is 1.58. The van der Waals surface area contributed by atoms with Crippen LogP contribution >= 0.6 is 0 Å². The number of fused-ring (bicyclic) bond motifs is 2. The number of carboxylic acid groups (broad SMARTS) is 1. The Morgan fingerprint density at radius 3 is 2.27 bits per heavy atom. The summed E-state index contributed by atoms with van der Waals surface area (Å²) in [7, 11) is 0. The summed E-state index contributed by atoms with van der Waals surface area (Å²) in [5.41, 5.74) is 10.8. The molecule has 2 heterocycles. The zero-order valence-electron chi connectivity index (χ0n) is 25.4. The monoisotopic (exact) mass is 552 g/mol. The lowest BCUT2D eigenvalue weighted by Crippen LogP contribution is -2.37. The fourth-order valence-electron chi connectivity index (χ4n) is 6.46. The maximum absolute atomic E-state index is 13.9. The number of aromatic nitrogens is 3. The number of hydrogen-bond donors (Lipinski definition) is 1. The number of carbonyl (C=O) groups is 2. The summed E-state index contributed by atoms with van der Waals surface area (Å²) in [4.78, 5) is 28.5. The Labute approximate surface area is 242 Å². The van der Waals surface area contributed by atoms with Crippen molar-refractivity contribution in [3.63, 3.8) is 0 Å². The molecule has 0 fully saturated rings. The Morgan fingerprint density at radius 1 is 0.951 bits per heavy atom. The standard InChI is InChI=1S/C34H40N4O3/c1-9-38-28-13-12-27(23(6)31(28)35-36-38)30(34(7,8)33(40)41)25-11-10-24-14-15-37(18-26(24)17-25)32(39)29-21(4)19(2)16-20(3)22(29)5/h10-13,16-17,30H,9,14-15,18H2,1-8H3,(H,40,41). The topological polar surface area (TPSA) is 88.3 Å². The van der Waals surface area contributed by atoms with Gasteiger partial charge >= 0.3 is 5.97 Å². The fraction of sp³-hybridized carbons (Fsp3) is 0.412. The van der Waals surface area contributed by atoms with Crippen LogP contribution in [0.3, 0.4) is 0 Å². The lowest BCUT2D eigenvalue weighted by Gasteiger charge is -2.35. The first-order chi connectivity index (χ1) is 19.4. The molecule has 5 rings (SSSR count). The summed E-state index contributed by atoms with van der Waals surface area (Å²) in [6.07, 6.45) is 0.766. The zero-order valence-corrected chi connectivity index (χ0v) is 25.4. The molecule has 1 aliphatic heterocycles. The largest absolute Gasteiger partial charge is 0.481 e. The van der Waals surface area contributed by atoms with Crippen molar-refractivity contribution < 1.29 is 14.7 Å². The summed E-state index contributed by atoms with van der Waals surface area (Å²) in [6.45, 7) is 17.6. The molecular formula is C34H40N4O3. The highest BCUT2D eigenvalue weighted by Gasteiger charge is 2.40. The number of nitrogens with zero attached hydrogens (tertiary/aromatic N) is 4. The number of aryl methyl sites for hydroxylation is 4. The van der Waals surface area contributed by atoms with Crippen molar-refractivity contribution in [3.8, 4) is 0 Å². The van der Waals surface area contributed by atoms with Crippen LogP contribution in [0, 0.1) is 40.0 Å². The Morgan fingerprint density at radius 2 is 1.63 bits per heavy atom. The van der Waals surface area contributed by atoms with Gasteiger partial charge in [0, 0.05) is 31.1 Å². The number of hydrogen-bond acceptors (Lipinski definition) is 4. The maximum atomic E-state index is 13.9. The van der Waals surface area contributed by atoms with E-state index in [9.17, 15) is 14.7 Å². The van der Waals surface area contributed by atoms with Crippen molar-refractivity contribution in [2.24, 2.45) is 5.41 Å². The Kier molecular flexibility index (Phi) is 7.26. The molecule has 1 amide bonds.